The van der Waals surface area contributed by atoms with Crippen molar-refractivity contribution in [2.45, 2.75) is 38.7 Å². The molecule has 5 nitrogen and oxygen atoms in total. The van der Waals surface area contributed by atoms with E-state index in [0.29, 0.717) is 56.5 Å². The third-order valence-corrected chi connectivity index (χ3v) is 6.96. The molecule has 7 heteroatoms. The molecule has 2 N–H and O–H groups in total. The van der Waals surface area contributed by atoms with Gasteiger partial charge in [-0.05, 0) is 43.9 Å². The van der Waals surface area contributed by atoms with E-state index in [4.69, 9.17) is 32.7 Å². The molecule has 0 amide bonds. The quantitative estimate of drug-likeness (QED) is 0.665. The number of phenolic OH excluding ortho intramolecular Hbond substituents is 2. The van der Waals surface area contributed by atoms with Crippen LogP contribution in [0.1, 0.15) is 52.4 Å². The molecular weight excluding hydrogens is 403 g/mol. The Bertz CT molecular complexity index is 1030. The van der Waals surface area contributed by atoms with E-state index in [9.17, 15) is 15.0 Å². The van der Waals surface area contributed by atoms with Crippen LogP contribution in [0.25, 0.3) is 0 Å². The highest BCUT2D eigenvalue weighted by molar-refractivity contribution is 6.38. The number of hydrogen-bond acceptors (Lipinski definition) is 5. The van der Waals surface area contributed by atoms with E-state index in [1.54, 1.807) is 6.92 Å². The van der Waals surface area contributed by atoms with Crippen LogP contribution in [0.3, 0.4) is 0 Å². The van der Waals surface area contributed by atoms with Crippen molar-refractivity contribution in [1.82, 2.24) is 0 Å². The van der Waals surface area contributed by atoms with E-state index in [2.05, 4.69) is 0 Å². The number of aromatic hydroxyl groups is 2. The van der Waals surface area contributed by atoms with Crippen molar-refractivity contribution in [3.8, 4) is 23.0 Å². The van der Waals surface area contributed by atoms with Gasteiger partial charge in [0.2, 0.25) is 0 Å². The first-order valence-corrected chi connectivity index (χ1v) is 9.66. The van der Waals surface area contributed by atoms with Crippen molar-refractivity contribution < 1.29 is 24.5 Å². The molecule has 4 rings (SSSR count). The molecule has 0 unspecified atom stereocenters. The van der Waals surface area contributed by atoms with E-state index < -0.39 is 5.60 Å². The van der Waals surface area contributed by atoms with Crippen LogP contribution >= 0.6 is 23.2 Å². The molecule has 0 spiro atoms. The first-order valence-electron chi connectivity index (χ1n) is 8.91. The van der Waals surface area contributed by atoms with Crippen LogP contribution < -0.4 is 9.47 Å². The first kappa shape index (κ1) is 19.2. The van der Waals surface area contributed by atoms with Gasteiger partial charge < -0.3 is 19.7 Å². The summed E-state index contributed by atoms with van der Waals surface area (Å²) in [7, 11) is 1.51. The Kier molecular flexibility index (Phi) is 4.25. The highest BCUT2D eigenvalue weighted by atomic mass is 35.5. The lowest BCUT2D eigenvalue weighted by molar-refractivity contribution is 0.0221. The summed E-state index contributed by atoms with van der Waals surface area (Å²) in [4.78, 5) is 11.8. The number of halogens is 2. The van der Waals surface area contributed by atoms with Crippen LogP contribution in [0.2, 0.25) is 10.0 Å². The Balaban J connectivity index is 2.15. The van der Waals surface area contributed by atoms with E-state index in [-0.39, 0.29) is 28.9 Å². The molecular formula is C21H20Cl2O5. The van der Waals surface area contributed by atoms with Gasteiger partial charge in [0.1, 0.15) is 28.6 Å². The summed E-state index contributed by atoms with van der Waals surface area (Å²) >= 11 is 13.1. The number of carbonyl (C=O) groups excluding carboxylic acids is 1. The van der Waals surface area contributed by atoms with Gasteiger partial charge in [0.05, 0.1) is 22.7 Å². The molecule has 2 aromatic carbocycles. The van der Waals surface area contributed by atoms with Crippen LogP contribution in [-0.2, 0) is 6.42 Å². The number of carbonyl (C=O) groups is 1. The summed E-state index contributed by atoms with van der Waals surface area (Å²) in [5, 5.41) is 21.5. The summed E-state index contributed by atoms with van der Waals surface area (Å²) in [6, 6.07) is 1.21. The second-order valence-corrected chi connectivity index (χ2v) is 8.62. The van der Waals surface area contributed by atoms with Crippen LogP contribution in [0.5, 0.6) is 23.0 Å². The smallest absolute Gasteiger partial charge is 0.154 e. The fourth-order valence-corrected chi connectivity index (χ4v) is 5.21. The molecule has 1 heterocycles. The van der Waals surface area contributed by atoms with E-state index >= 15 is 0 Å². The molecule has 0 radical (unpaired) electrons. The van der Waals surface area contributed by atoms with Crippen molar-refractivity contribution in [2.75, 3.05) is 7.11 Å². The third kappa shape index (κ3) is 2.36. The average Bonchev–Trinajstić information content (AvgIpc) is 3.04. The zero-order chi connectivity index (χ0) is 20.5. The second kappa shape index (κ2) is 6.19. The molecule has 1 aliphatic heterocycles. The van der Waals surface area contributed by atoms with E-state index in [1.807, 2.05) is 13.8 Å². The number of fused-ring (bicyclic) bond motifs is 5. The fraction of sp³-hybridized carbons (Fsp3) is 0.381. The summed E-state index contributed by atoms with van der Waals surface area (Å²) in [5.74, 6) is 0.0765. The third-order valence-electron chi connectivity index (χ3n) is 6.05. The van der Waals surface area contributed by atoms with Crippen molar-refractivity contribution in [3.05, 3.63) is 43.9 Å². The minimum absolute atomic E-state index is 0.0480. The zero-order valence-electron chi connectivity index (χ0n) is 15.9. The second-order valence-electron chi connectivity index (χ2n) is 7.86. The molecule has 2 aliphatic rings. The molecule has 0 fully saturated rings. The lowest BCUT2D eigenvalue weighted by Gasteiger charge is -2.43. The minimum Gasteiger partial charge on any atom is -0.508 e. The number of benzene rings is 2. The van der Waals surface area contributed by atoms with Crippen LogP contribution in [0.15, 0.2) is 6.07 Å². The van der Waals surface area contributed by atoms with Crippen molar-refractivity contribution in [1.29, 1.82) is 0 Å². The van der Waals surface area contributed by atoms with Gasteiger partial charge in [-0.3, -0.25) is 4.79 Å². The molecule has 2 aromatic rings. The molecule has 0 bridgehead atoms. The number of phenols is 2. The van der Waals surface area contributed by atoms with Gasteiger partial charge in [-0.15, -0.1) is 0 Å². The number of hydrogen-bond donors (Lipinski definition) is 2. The van der Waals surface area contributed by atoms with E-state index in [1.165, 1.54) is 13.2 Å². The topological polar surface area (TPSA) is 76.0 Å². The summed E-state index contributed by atoms with van der Waals surface area (Å²) in [6.45, 7) is 5.68. The lowest BCUT2D eigenvalue weighted by atomic mass is 9.73. The molecule has 0 saturated heterocycles. The van der Waals surface area contributed by atoms with Gasteiger partial charge in [0, 0.05) is 23.5 Å². The largest absolute Gasteiger partial charge is 0.508 e. The van der Waals surface area contributed by atoms with Crippen molar-refractivity contribution in [2.24, 2.45) is 5.92 Å². The van der Waals surface area contributed by atoms with Crippen molar-refractivity contribution >= 4 is 29.5 Å². The lowest BCUT2D eigenvalue weighted by Crippen LogP contribution is -2.44. The van der Waals surface area contributed by atoms with E-state index in [0.717, 1.165) is 0 Å². The van der Waals surface area contributed by atoms with Crippen LogP contribution in [-0.4, -0.2) is 29.2 Å². The van der Waals surface area contributed by atoms with Gasteiger partial charge in [0.15, 0.2) is 6.29 Å². The van der Waals surface area contributed by atoms with Crippen LogP contribution in [0.4, 0.5) is 0 Å². The molecule has 1 aliphatic carbocycles. The van der Waals surface area contributed by atoms with Gasteiger partial charge in [-0.25, -0.2) is 0 Å². The highest BCUT2D eigenvalue weighted by Gasteiger charge is 2.53. The van der Waals surface area contributed by atoms with Crippen molar-refractivity contribution in [3.63, 3.8) is 0 Å². The Hall–Kier alpha value is -2.11. The first-order chi connectivity index (χ1) is 13.1. The standard InChI is InChI=1S/C21H20Cl2O5/c1-8-17(22)19(27-4)16-15-11(21(2,3)28-20(16)18(8)23)5-9-12(25)6-13(26)10(7-24)14(9)15/h6-7,11,15,25-26H,5H2,1-4H3/t11-,15-/m1/s1. The monoisotopic (exact) mass is 422 g/mol. The summed E-state index contributed by atoms with van der Waals surface area (Å²) < 4.78 is 11.9. The number of aldehydes is 1. The summed E-state index contributed by atoms with van der Waals surface area (Å²) in [6.07, 6.45) is 1.09. The highest BCUT2D eigenvalue weighted by Crippen LogP contribution is 2.62. The Morgan fingerprint density at radius 2 is 1.89 bits per heavy atom. The molecule has 28 heavy (non-hydrogen) atoms. The molecule has 0 aromatic heterocycles. The molecule has 2 atom stereocenters. The fourth-order valence-electron chi connectivity index (χ4n) is 4.66. The maximum atomic E-state index is 11.8. The maximum absolute atomic E-state index is 11.8. The number of rotatable bonds is 2. The Morgan fingerprint density at radius 3 is 2.50 bits per heavy atom. The predicted octanol–water partition coefficient (Wildman–Crippen LogP) is 5.01. The van der Waals surface area contributed by atoms with Gasteiger partial charge >= 0.3 is 0 Å². The normalized spacial score (nSPS) is 21.4. The summed E-state index contributed by atoms with van der Waals surface area (Å²) in [5.41, 5.74) is 1.98. The van der Waals surface area contributed by atoms with Gasteiger partial charge in [-0.1, -0.05) is 23.2 Å². The zero-order valence-corrected chi connectivity index (χ0v) is 17.4. The maximum Gasteiger partial charge on any atom is 0.154 e. The molecule has 148 valence electrons. The Morgan fingerprint density at radius 1 is 1.21 bits per heavy atom. The predicted molar refractivity (Wildman–Crippen MR) is 107 cm³/mol. The van der Waals surface area contributed by atoms with Gasteiger partial charge in [0.25, 0.3) is 0 Å². The minimum atomic E-state index is -0.645. The average molecular weight is 423 g/mol. The SMILES string of the molecule is COc1c(Cl)c(C)c(Cl)c2c1[C@H]1c3c(C=O)c(O)cc(O)c3C[C@H]1C(C)(C)O2. The number of methoxy groups -OCH3 is 1. The number of ether oxygens (including phenoxy) is 2. The van der Waals surface area contributed by atoms with Crippen LogP contribution in [0, 0.1) is 12.8 Å². The van der Waals surface area contributed by atoms with Gasteiger partial charge in [-0.2, -0.15) is 0 Å². The molecule has 0 saturated carbocycles. The Labute approximate surface area is 172 Å².